The van der Waals surface area contributed by atoms with E-state index in [0.717, 1.165) is 24.4 Å². The Hall–Kier alpha value is -2.64. The molecule has 0 atom stereocenters. The van der Waals surface area contributed by atoms with Crippen LogP contribution in [-0.2, 0) is 7.05 Å². The molecule has 1 fully saturated rings. The quantitative estimate of drug-likeness (QED) is 0.927. The van der Waals surface area contributed by atoms with Crippen LogP contribution in [0.3, 0.4) is 0 Å². The number of nitrogens with one attached hydrogen (secondary N) is 1. The van der Waals surface area contributed by atoms with E-state index in [9.17, 15) is 4.79 Å². The summed E-state index contributed by atoms with van der Waals surface area (Å²) in [5.41, 5.74) is 1.11. The first-order valence-electron chi connectivity index (χ1n) is 8.09. The van der Waals surface area contributed by atoms with Crippen molar-refractivity contribution in [2.75, 3.05) is 37.4 Å². The molecule has 0 saturated carbocycles. The van der Waals surface area contributed by atoms with Crippen LogP contribution in [0.2, 0.25) is 0 Å². The summed E-state index contributed by atoms with van der Waals surface area (Å²) >= 11 is 0. The van der Waals surface area contributed by atoms with Gasteiger partial charge >= 0.3 is 6.03 Å². The molecule has 24 heavy (non-hydrogen) atoms. The molecule has 1 aliphatic rings. The lowest BCUT2D eigenvalue weighted by Gasteiger charge is -2.31. The first-order chi connectivity index (χ1) is 11.5. The molecule has 0 radical (unpaired) electrons. The highest BCUT2D eigenvalue weighted by atomic mass is 16.2. The summed E-state index contributed by atoms with van der Waals surface area (Å²) < 4.78 is 1.82. The first kappa shape index (κ1) is 16.2. The molecule has 0 aromatic carbocycles. The maximum atomic E-state index is 12.4. The smallest absolute Gasteiger partial charge is 0.324 e. The Morgan fingerprint density at radius 1 is 1.29 bits per heavy atom. The lowest BCUT2D eigenvalue weighted by atomic mass is 9.94. The molecule has 1 N–H and O–H groups in total. The molecule has 8 heteroatoms. The van der Waals surface area contributed by atoms with E-state index in [1.165, 1.54) is 0 Å². The van der Waals surface area contributed by atoms with Crippen LogP contribution in [0.4, 0.5) is 16.6 Å². The third-order valence-corrected chi connectivity index (χ3v) is 4.25. The number of anilines is 2. The van der Waals surface area contributed by atoms with Crippen molar-refractivity contribution in [1.29, 1.82) is 0 Å². The summed E-state index contributed by atoms with van der Waals surface area (Å²) in [6, 6.07) is 3.71. The number of rotatable bonds is 3. The van der Waals surface area contributed by atoms with Gasteiger partial charge in [-0.05, 0) is 25.0 Å². The predicted molar refractivity (Wildman–Crippen MR) is 92.1 cm³/mol. The van der Waals surface area contributed by atoms with Crippen LogP contribution in [0, 0.1) is 0 Å². The minimum Gasteiger partial charge on any atom is -0.363 e. The summed E-state index contributed by atoms with van der Waals surface area (Å²) in [7, 11) is 5.72. The molecule has 0 aliphatic carbocycles. The molecule has 2 amide bonds. The third-order valence-electron chi connectivity index (χ3n) is 4.25. The zero-order chi connectivity index (χ0) is 17.1. The monoisotopic (exact) mass is 329 g/mol. The van der Waals surface area contributed by atoms with Crippen molar-refractivity contribution in [2.45, 2.75) is 18.8 Å². The van der Waals surface area contributed by atoms with Crippen molar-refractivity contribution in [3.8, 4) is 0 Å². The Labute approximate surface area is 141 Å². The van der Waals surface area contributed by atoms with E-state index in [1.54, 1.807) is 12.3 Å². The fourth-order valence-electron chi connectivity index (χ4n) is 2.86. The summed E-state index contributed by atoms with van der Waals surface area (Å²) in [6.07, 6.45) is 5.45. The van der Waals surface area contributed by atoms with Crippen LogP contribution in [0.25, 0.3) is 0 Å². The average Bonchev–Trinajstić information content (AvgIpc) is 3.01. The molecule has 0 unspecified atom stereocenters. The number of carbonyl (C=O) groups is 1. The van der Waals surface area contributed by atoms with Gasteiger partial charge in [-0.3, -0.25) is 10.00 Å². The number of likely N-dealkylation sites (tertiary alicyclic amines) is 1. The van der Waals surface area contributed by atoms with Crippen molar-refractivity contribution in [3.63, 3.8) is 0 Å². The Bertz CT molecular complexity index is 704. The first-order valence-corrected chi connectivity index (χ1v) is 8.09. The minimum absolute atomic E-state index is 0.148. The number of hydrogen-bond acceptors (Lipinski definition) is 5. The minimum atomic E-state index is -0.148. The van der Waals surface area contributed by atoms with E-state index in [1.807, 2.05) is 41.8 Å². The van der Waals surface area contributed by atoms with E-state index in [4.69, 9.17) is 0 Å². The highest BCUT2D eigenvalue weighted by molar-refractivity contribution is 5.87. The number of nitrogens with zero attached hydrogens (tertiary/aromatic N) is 6. The van der Waals surface area contributed by atoms with Crippen LogP contribution in [0.5, 0.6) is 0 Å². The van der Waals surface area contributed by atoms with Gasteiger partial charge < -0.3 is 9.80 Å². The van der Waals surface area contributed by atoms with E-state index >= 15 is 0 Å². The zero-order valence-electron chi connectivity index (χ0n) is 14.3. The molecule has 1 saturated heterocycles. The molecule has 2 aromatic rings. The number of amides is 2. The van der Waals surface area contributed by atoms with Gasteiger partial charge in [-0.15, -0.1) is 0 Å². The van der Waals surface area contributed by atoms with Crippen molar-refractivity contribution in [3.05, 3.63) is 30.2 Å². The van der Waals surface area contributed by atoms with Gasteiger partial charge in [0.15, 0.2) is 0 Å². The summed E-state index contributed by atoms with van der Waals surface area (Å²) in [4.78, 5) is 24.5. The predicted octanol–water partition coefficient (Wildman–Crippen LogP) is 1.69. The van der Waals surface area contributed by atoms with Crippen molar-refractivity contribution in [1.82, 2.24) is 24.6 Å². The number of aryl methyl sites for hydroxylation is 1. The standard InChI is InChI=1S/C16H23N7O/c1-21(2)14-4-8-17-15(18-14)19-16(24)23-10-5-12(6-11-23)13-7-9-22(3)20-13/h4,7-9,12H,5-6,10-11H2,1-3H3,(H,17,18,19,24). The summed E-state index contributed by atoms with van der Waals surface area (Å²) in [5.74, 6) is 1.51. The van der Waals surface area contributed by atoms with Gasteiger partial charge in [0.1, 0.15) is 5.82 Å². The van der Waals surface area contributed by atoms with Gasteiger partial charge in [-0.25, -0.2) is 9.78 Å². The number of carbonyl (C=O) groups excluding carboxylic acids is 1. The second kappa shape index (κ2) is 6.86. The van der Waals surface area contributed by atoms with Crippen LogP contribution >= 0.6 is 0 Å². The maximum absolute atomic E-state index is 12.4. The largest absolute Gasteiger partial charge is 0.363 e. The summed E-state index contributed by atoms with van der Waals surface area (Å²) in [5, 5.41) is 7.26. The lowest BCUT2D eigenvalue weighted by molar-refractivity contribution is 0.194. The second-order valence-electron chi connectivity index (χ2n) is 6.24. The molecule has 0 bridgehead atoms. The van der Waals surface area contributed by atoms with Crippen molar-refractivity contribution >= 4 is 17.8 Å². The Balaban J connectivity index is 1.56. The van der Waals surface area contributed by atoms with E-state index < -0.39 is 0 Å². The Morgan fingerprint density at radius 2 is 2.04 bits per heavy atom. The zero-order valence-corrected chi connectivity index (χ0v) is 14.3. The Kier molecular flexibility index (Phi) is 4.64. The van der Waals surface area contributed by atoms with Crippen LogP contribution in [-0.4, -0.2) is 57.9 Å². The SMILES string of the molecule is CN(C)c1ccnc(NC(=O)N2CCC(c3ccn(C)n3)CC2)n1. The maximum Gasteiger partial charge on any atom is 0.324 e. The fraction of sp³-hybridized carbons (Fsp3) is 0.500. The van der Waals surface area contributed by atoms with Gasteiger partial charge in [-0.2, -0.15) is 10.1 Å². The van der Waals surface area contributed by atoms with E-state index in [0.29, 0.717) is 25.0 Å². The van der Waals surface area contributed by atoms with Crippen LogP contribution in [0.15, 0.2) is 24.5 Å². The van der Waals surface area contributed by atoms with E-state index in [-0.39, 0.29) is 6.03 Å². The highest BCUT2D eigenvalue weighted by Crippen LogP contribution is 2.26. The van der Waals surface area contributed by atoms with Gasteiger partial charge in [0.25, 0.3) is 0 Å². The number of urea groups is 1. The number of aromatic nitrogens is 4. The third kappa shape index (κ3) is 3.64. The molecular weight excluding hydrogens is 306 g/mol. The van der Waals surface area contributed by atoms with Crippen molar-refractivity contribution < 1.29 is 4.79 Å². The normalized spacial score (nSPS) is 15.4. The van der Waals surface area contributed by atoms with Crippen molar-refractivity contribution in [2.24, 2.45) is 7.05 Å². The van der Waals surface area contributed by atoms with Gasteiger partial charge in [0, 0.05) is 52.5 Å². The second-order valence-corrected chi connectivity index (χ2v) is 6.24. The molecule has 2 aromatic heterocycles. The van der Waals surface area contributed by atoms with Crippen LogP contribution < -0.4 is 10.2 Å². The van der Waals surface area contributed by atoms with Crippen LogP contribution in [0.1, 0.15) is 24.5 Å². The Morgan fingerprint density at radius 3 is 2.67 bits per heavy atom. The molecule has 3 rings (SSSR count). The number of hydrogen-bond donors (Lipinski definition) is 1. The highest BCUT2D eigenvalue weighted by Gasteiger charge is 2.25. The molecule has 128 valence electrons. The van der Waals surface area contributed by atoms with Gasteiger partial charge in [0.2, 0.25) is 5.95 Å². The molecular formula is C16H23N7O. The average molecular weight is 329 g/mol. The summed E-state index contributed by atoms with van der Waals surface area (Å²) in [6.45, 7) is 1.42. The molecule has 1 aliphatic heterocycles. The van der Waals surface area contributed by atoms with E-state index in [2.05, 4.69) is 26.4 Å². The fourth-order valence-corrected chi connectivity index (χ4v) is 2.86. The van der Waals surface area contributed by atoms with Gasteiger partial charge in [-0.1, -0.05) is 0 Å². The topological polar surface area (TPSA) is 79.2 Å². The molecule has 0 spiro atoms. The molecule has 3 heterocycles. The lowest BCUT2D eigenvalue weighted by Crippen LogP contribution is -2.41. The number of piperidine rings is 1. The molecule has 8 nitrogen and oxygen atoms in total. The van der Waals surface area contributed by atoms with Gasteiger partial charge in [0.05, 0.1) is 5.69 Å².